The highest BCUT2D eigenvalue weighted by molar-refractivity contribution is 7.88. The number of nitrogens with zero attached hydrogens (tertiary/aromatic N) is 5. The molecule has 3 aliphatic heterocycles. The maximum absolute atomic E-state index is 13.3. The summed E-state index contributed by atoms with van der Waals surface area (Å²) in [6.45, 7) is 7.36. The minimum atomic E-state index is -3.18. The molecular formula is C35H42Cl2N6O4S. The fourth-order valence-corrected chi connectivity index (χ4v) is 8.15. The van der Waals surface area contributed by atoms with Crippen molar-refractivity contribution in [1.82, 2.24) is 14.1 Å². The Balaban J connectivity index is 0.980. The molecule has 0 spiro atoms. The van der Waals surface area contributed by atoms with Gasteiger partial charge in [-0.05, 0) is 78.6 Å². The SMILES string of the molecule is CS(=O)(=O)N1CCN(Cc2cc(Cl)c(CC(=O)N3CCN(c4ccc(C(=O)Nc5cccc(N6CCCC6)c5)cc4)CC3)c(Cl)c2)CC1. The van der Waals surface area contributed by atoms with Crippen LogP contribution in [0.25, 0.3) is 0 Å². The Labute approximate surface area is 293 Å². The molecule has 6 rings (SSSR count). The lowest BCUT2D eigenvalue weighted by Crippen LogP contribution is -2.49. The summed E-state index contributed by atoms with van der Waals surface area (Å²) in [5, 5.41) is 3.95. The Morgan fingerprint density at radius 1 is 0.750 bits per heavy atom. The van der Waals surface area contributed by atoms with Crippen LogP contribution in [0.5, 0.6) is 0 Å². The number of amides is 2. The van der Waals surface area contributed by atoms with Crippen molar-refractivity contribution in [3.05, 3.63) is 87.4 Å². The predicted octanol–water partition coefficient (Wildman–Crippen LogP) is 4.81. The lowest BCUT2D eigenvalue weighted by Gasteiger charge is -2.36. The third kappa shape index (κ3) is 8.44. The summed E-state index contributed by atoms with van der Waals surface area (Å²) in [4.78, 5) is 34.8. The Morgan fingerprint density at radius 3 is 2.00 bits per heavy atom. The van der Waals surface area contributed by atoms with Crippen LogP contribution in [0.1, 0.15) is 34.3 Å². The Hall–Kier alpha value is -3.35. The Kier molecular flexibility index (Phi) is 10.8. The topological polar surface area (TPSA) is 96.5 Å². The van der Waals surface area contributed by atoms with Gasteiger partial charge < -0.3 is 20.0 Å². The molecule has 0 aromatic heterocycles. The lowest BCUT2D eigenvalue weighted by atomic mass is 10.1. The second kappa shape index (κ2) is 15.0. The number of halogens is 2. The standard InChI is InChI=1S/C35H42Cl2N6O4S/c1-48(46,47)43-19-13-39(14-20-43)25-26-21-32(36)31(33(37)22-26)24-34(44)42-17-15-41(16-18-42)29-9-7-27(8-10-29)35(45)38-28-5-4-6-30(23-28)40-11-2-3-12-40/h4-10,21-23H,2-3,11-20,24-25H2,1H3,(H,38,45). The summed E-state index contributed by atoms with van der Waals surface area (Å²) in [5.74, 6) is -0.169. The van der Waals surface area contributed by atoms with Gasteiger partial charge in [0.05, 0.1) is 12.7 Å². The zero-order valence-corrected chi connectivity index (χ0v) is 29.5. The molecule has 0 saturated carbocycles. The van der Waals surface area contributed by atoms with Crippen LogP contribution >= 0.6 is 23.2 Å². The van der Waals surface area contributed by atoms with Crippen LogP contribution in [0.2, 0.25) is 10.0 Å². The van der Waals surface area contributed by atoms with Gasteiger partial charge in [0.15, 0.2) is 0 Å². The van der Waals surface area contributed by atoms with Crippen molar-refractivity contribution in [3.63, 3.8) is 0 Å². The molecule has 0 bridgehead atoms. The van der Waals surface area contributed by atoms with Crippen LogP contribution in [-0.4, -0.2) is 106 Å². The van der Waals surface area contributed by atoms with Crippen LogP contribution in [0.15, 0.2) is 60.7 Å². The van der Waals surface area contributed by atoms with Gasteiger partial charge in [-0.15, -0.1) is 0 Å². The van der Waals surface area contributed by atoms with Gasteiger partial charge in [0, 0.05) is 105 Å². The average Bonchev–Trinajstić information content (AvgIpc) is 3.62. The molecule has 2 amide bonds. The van der Waals surface area contributed by atoms with E-state index in [1.807, 2.05) is 59.5 Å². The number of carbonyl (C=O) groups excluding carboxylic acids is 2. The van der Waals surface area contributed by atoms with Crippen LogP contribution in [0.4, 0.5) is 17.1 Å². The Bertz CT molecular complexity index is 1710. The van der Waals surface area contributed by atoms with Crippen molar-refractivity contribution >= 4 is 62.1 Å². The number of rotatable bonds is 9. The number of anilines is 3. The van der Waals surface area contributed by atoms with Crippen LogP contribution in [-0.2, 0) is 27.8 Å². The summed E-state index contributed by atoms with van der Waals surface area (Å²) in [5.41, 5.74) is 5.07. The molecular weight excluding hydrogens is 671 g/mol. The van der Waals surface area contributed by atoms with Crippen LogP contribution < -0.4 is 15.1 Å². The van der Waals surface area contributed by atoms with E-state index in [-0.39, 0.29) is 18.2 Å². The van der Waals surface area contributed by atoms with E-state index in [9.17, 15) is 18.0 Å². The smallest absolute Gasteiger partial charge is 0.255 e. The van der Waals surface area contributed by atoms with Gasteiger partial charge in [0.1, 0.15) is 0 Å². The van der Waals surface area contributed by atoms with Gasteiger partial charge in [-0.2, -0.15) is 4.31 Å². The van der Waals surface area contributed by atoms with Gasteiger partial charge in [-0.1, -0.05) is 29.3 Å². The maximum atomic E-state index is 13.3. The minimum absolute atomic E-state index is 0.0242. The quantitative estimate of drug-likeness (QED) is 0.340. The van der Waals surface area contributed by atoms with E-state index in [0.29, 0.717) is 80.1 Å². The molecule has 0 aliphatic carbocycles. The molecule has 0 radical (unpaired) electrons. The maximum Gasteiger partial charge on any atom is 0.255 e. The molecule has 48 heavy (non-hydrogen) atoms. The number of hydrogen-bond donors (Lipinski definition) is 1. The normalized spacial score (nSPS) is 17.9. The van der Waals surface area contributed by atoms with Gasteiger partial charge in [-0.3, -0.25) is 14.5 Å². The van der Waals surface area contributed by atoms with E-state index >= 15 is 0 Å². The number of nitrogens with one attached hydrogen (secondary N) is 1. The molecule has 13 heteroatoms. The predicted molar refractivity (Wildman–Crippen MR) is 193 cm³/mol. The molecule has 3 aromatic rings. The van der Waals surface area contributed by atoms with E-state index in [4.69, 9.17) is 23.2 Å². The second-order valence-corrected chi connectivity index (χ2v) is 15.6. The third-order valence-electron chi connectivity index (χ3n) is 9.44. The highest BCUT2D eigenvalue weighted by Gasteiger charge is 2.26. The van der Waals surface area contributed by atoms with Crippen molar-refractivity contribution in [2.45, 2.75) is 25.8 Å². The van der Waals surface area contributed by atoms with Gasteiger partial charge >= 0.3 is 0 Å². The van der Waals surface area contributed by atoms with E-state index in [2.05, 4.69) is 26.1 Å². The van der Waals surface area contributed by atoms with Crippen molar-refractivity contribution in [2.75, 3.05) is 86.8 Å². The van der Waals surface area contributed by atoms with Crippen LogP contribution in [0.3, 0.4) is 0 Å². The van der Waals surface area contributed by atoms with Crippen molar-refractivity contribution in [3.8, 4) is 0 Å². The first-order valence-electron chi connectivity index (χ1n) is 16.5. The number of benzene rings is 3. The number of carbonyl (C=O) groups is 2. The van der Waals surface area contributed by atoms with E-state index in [1.54, 1.807) is 0 Å². The van der Waals surface area contributed by atoms with E-state index < -0.39 is 10.0 Å². The van der Waals surface area contributed by atoms with Crippen molar-refractivity contribution in [2.24, 2.45) is 0 Å². The van der Waals surface area contributed by atoms with E-state index in [0.717, 1.165) is 35.7 Å². The van der Waals surface area contributed by atoms with Crippen molar-refractivity contribution < 1.29 is 18.0 Å². The van der Waals surface area contributed by atoms with Gasteiger partial charge in [-0.25, -0.2) is 8.42 Å². The monoisotopic (exact) mass is 712 g/mol. The number of piperazine rings is 2. The molecule has 0 unspecified atom stereocenters. The second-order valence-electron chi connectivity index (χ2n) is 12.8. The molecule has 3 fully saturated rings. The highest BCUT2D eigenvalue weighted by atomic mass is 35.5. The first kappa shape index (κ1) is 34.5. The molecule has 10 nitrogen and oxygen atoms in total. The fourth-order valence-electron chi connectivity index (χ4n) is 6.65. The Morgan fingerprint density at radius 2 is 1.38 bits per heavy atom. The van der Waals surface area contributed by atoms with Crippen LogP contribution in [0, 0.1) is 0 Å². The number of hydrogen-bond acceptors (Lipinski definition) is 7. The molecule has 3 saturated heterocycles. The first-order chi connectivity index (χ1) is 23.0. The molecule has 256 valence electrons. The van der Waals surface area contributed by atoms with Crippen molar-refractivity contribution in [1.29, 1.82) is 0 Å². The third-order valence-corrected chi connectivity index (χ3v) is 11.4. The van der Waals surface area contributed by atoms with Gasteiger partial charge in [0.25, 0.3) is 5.91 Å². The van der Waals surface area contributed by atoms with E-state index in [1.165, 1.54) is 23.4 Å². The average molecular weight is 714 g/mol. The summed E-state index contributed by atoms with van der Waals surface area (Å²) < 4.78 is 25.1. The largest absolute Gasteiger partial charge is 0.371 e. The highest BCUT2D eigenvalue weighted by Crippen LogP contribution is 2.29. The zero-order valence-electron chi connectivity index (χ0n) is 27.2. The zero-order chi connectivity index (χ0) is 33.8. The molecule has 3 aromatic carbocycles. The fraction of sp³-hybridized carbons (Fsp3) is 0.429. The van der Waals surface area contributed by atoms with Gasteiger partial charge in [0.2, 0.25) is 15.9 Å². The number of sulfonamides is 1. The lowest BCUT2D eigenvalue weighted by molar-refractivity contribution is -0.130. The summed E-state index contributed by atoms with van der Waals surface area (Å²) in [6, 6.07) is 19.3. The minimum Gasteiger partial charge on any atom is -0.371 e. The summed E-state index contributed by atoms with van der Waals surface area (Å²) in [7, 11) is -3.18. The molecule has 3 heterocycles. The molecule has 0 atom stereocenters. The first-order valence-corrected chi connectivity index (χ1v) is 19.1. The molecule has 1 N–H and O–H groups in total. The summed E-state index contributed by atoms with van der Waals surface area (Å²) >= 11 is 13.3. The summed E-state index contributed by atoms with van der Waals surface area (Å²) in [6.07, 6.45) is 3.76. The molecule has 3 aliphatic rings.